The molecule has 3 aromatic carbocycles. The molecule has 190 valence electrons. The summed E-state index contributed by atoms with van der Waals surface area (Å²) in [5.74, 6) is -1.01. The van der Waals surface area contributed by atoms with Crippen LogP contribution in [0.2, 0.25) is 10.0 Å². The molecular weight excluding hydrogens is 521 g/mol. The standard InChI is InChI=1S/C26H22Cl2F2N6O/c1-36(2)9-3-4-25(37)35-23-12-17-22(13-24(23)33-15-5-7-20(29)18(27)10-15)31-14-32-26(17)34-16-6-8-21(30)19(28)11-16/h3-8,10-14,33H,9H2,1-2H3,(H,35,37)(H,31,32,34)/b4-3+. The Hall–Kier alpha value is -3.79. The molecule has 3 N–H and O–H groups in total. The van der Waals surface area contributed by atoms with Gasteiger partial charge in [0.25, 0.3) is 0 Å². The predicted octanol–water partition coefficient (Wildman–Crippen LogP) is 6.76. The molecule has 0 unspecified atom stereocenters. The number of amides is 1. The van der Waals surface area contributed by atoms with E-state index in [0.717, 1.165) is 0 Å². The maximum absolute atomic E-state index is 13.7. The van der Waals surface area contributed by atoms with Crippen molar-refractivity contribution in [3.05, 3.63) is 88.7 Å². The van der Waals surface area contributed by atoms with Crippen LogP contribution < -0.4 is 16.0 Å². The summed E-state index contributed by atoms with van der Waals surface area (Å²) < 4.78 is 27.3. The van der Waals surface area contributed by atoms with Crippen LogP contribution in [-0.2, 0) is 4.79 Å². The van der Waals surface area contributed by atoms with Gasteiger partial charge in [-0.1, -0.05) is 29.3 Å². The highest BCUT2D eigenvalue weighted by Crippen LogP contribution is 2.34. The highest BCUT2D eigenvalue weighted by atomic mass is 35.5. The van der Waals surface area contributed by atoms with Gasteiger partial charge in [-0.05, 0) is 62.6 Å². The van der Waals surface area contributed by atoms with Gasteiger partial charge < -0.3 is 20.9 Å². The molecule has 0 bridgehead atoms. The van der Waals surface area contributed by atoms with Crippen molar-refractivity contribution in [3.8, 4) is 0 Å². The number of carbonyl (C=O) groups is 1. The lowest BCUT2D eigenvalue weighted by Gasteiger charge is -2.16. The van der Waals surface area contributed by atoms with Crippen molar-refractivity contribution in [2.24, 2.45) is 0 Å². The van der Waals surface area contributed by atoms with Gasteiger partial charge >= 0.3 is 0 Å². The summed E-state index contributed by atoms with van der Waals surface area (Å²) in [4.78, 5) is 23.2. The molecule has 37 heavy (non-hydrogen) atoms. The minimum absolute atomic E-state index is 0.0368. The van der Waals surface area contributed by atoms with Crippen LogP contribution in [0.1, 0.15) is 0 Å². The Morgan fingerprint density at radius 3 is 2.19 bits per heavy atom. The van der Waals surface area contributed by atoms with Gasteiger partial charge in [-0.15, -0.1) is 0 Å². The summed E-state index contributed by atoms with van der Waals surface area (Å²) in [6.07, 6.45) is 4.54. The molecule has 11 heteroatoms. The van der Waals surface area contributed by atoms with E-state index in [2.05, 4.69) is 25.9 Å². The minimum Gasteiger partial charge on any atom is -0.354 e. The lowest BCUT2D eigenvalue weighted by molar-refractivity contribution is -0.111. The summed E-state index contributed by atoms with van der Waals surface area (Å²) in [7, 11) is 3.79. The molecule has 0 saturated heterocycles. The number of likely N-dealkylation sites (N-methyl/N-ethyl adjacent to an activating group) is 1. The number of carbonyl (C=O) groups excluding carboxylic acids is 1. The quantitative estimate of drug-likeness (QED) is 0.213. The normalized spacial score (nSPS) is 11.3. The number of rotatable bonds is 8. The van der Waals surface area contributed by atoms with E-state index >= 15 is 0 Å². The fourth-order valence-electron chi connectivity index (χ4n) is 3.39. The van der Waals surface area contributed by atoms with Gasteiger partial charge in [0.1, 0.15) is 23.8 Å². The SMILES string of the molecule is CN(C)C/C=C/C(=O)Nc1cc2c(Nc3ccc(F)c(Cl)c3)ncnc2cc1Nc1ccc(F)c(Cl)c1. The molecule has 0 atom stereocenters. The Morgan fingerprint density at radius 2 is 1.57 bits per heavy atom. The van der Waals surface area contributed by atoms with Crippen molar-refractivity contribution < 1.29 is 13.6 Å². The predicted molar refractivity (Wildman–Crippen MR) is 145 cm³/mol. The van der Waals surface area contributed by atoms with Gasteiger partial charge in [0.2, 0.25) is 5.91 Å². The average molecular weight is 543 g/mol. The van der Waals surface area contributed by atoms with Crippen molar-refractivity contribution in [1.82, 2.24) is 14.9 Å². The van der Waals surface area contributed by atoms with E-state index in [0.29, 0.717) is 46.0 Å². The van der Waals surface area contributed by atoms with Crippen LogP contribution in [-0.4, -0.2) is 41.4 Å². The molecule has 1 amide bonds. The molecule has 0 radical (unpaired) electrons. The van der Waals surface area contributed by atoms with Crippen LogP contribution >= 0.6 is 23.2 Å². The summed E-state index contributed by atoms with van der Waals surface area (Å²) in [6.45, 7) is 0.590. The maximum Gasteiger partial charge on any atom is 0.248 e. The molecule has 0 aliphatic rings. The second kappa shape index (κ2) is 11.5. The van der Waals surface area contributed by atoms with Gasteiger partial charge in [-0.2, -0.15) is 0 Å². The van der Waals surface area contributed by atoms with E-state index in [1.165, 1.54) is 48.8 Å². The van der Waals surface area contributed by atoms with E-state index in [4.69, 9.17) is 23.2 Å². The second-order valence-electron chi connectivity index (χ2n) is 8.30. The van der Waals surface area contributed by atoms with Gasteiger partial charge in [0, 0.05) is 29.4 Å². The zero-order chi connectivity index (χ0) is 26.5. The number of nitrogens with one attached hydrogen (secondary N) is 3. The van der Waals surface area contributed by atoms with Gasteiger partial charge in [0.15, 0.2) is 0 Å². The Kier molecular flexibility index (Phi) is 8.17. The van der Waals surface area contributed by atoms with E-state index in [1.807, 2.05) is 19.0 Å². The molecule has 7 nitrogen and oxygen atoms in total. The molecule has 0 aliphatic carbocycles. The first-order valence-corrected chi connectivity index (χ1v) is 11.8. The summed E-state index contributed by atoms with van der Waals surface area (Å²) >= 11 is 11.9. The Balaban J connectivity index is 1.74. The highest BCUT2D eigenvalue weighted by Gasteiger charge is 2.14. The van der Waals surface area contributed by atoms with E-state index in [-0.39, 0.29) is 16.0 Å². The molecule has 0 fully saturated rings. The lowest BCUT2D eigenvalue weighted by atomic mass is 10.1. The molecule has 4 aromatic rings. The summed E-state index contributed by atoms with van der Waals surface area (Å²) in [6, 6.07) is 11.8. The average Bonchev–Trinajstić information content (AvgIpc) is 2.84. The number of halogens is 4. The monoisotopic (exact) mass is 542 g/mol. The number of fused-ring (bicyclic) bond motifs is 1. The zero-order valence-corrected chi connectivity index (χ0v) is 21.3. The first kappa shape index (κ1) is 26.3. The van der Waals surface area contributed by atoms with Crippen molar-refractivity contribution in [3.63, 3.8) is 0 Å². The third kappa shape index (κ3) is 6.71. The topological polar surface area (TPSA) is 82.2 Å². The second-order valence-corrected chi connectivity index (χ2v) is 9.11. The molecule has 1 aromatic heterocycles. The van der Waals surface area contributed by atoms with Crippen LogP contribution in [0.15, 0.2) is 67.0 Å². The van der Waals surface area contributed by atoms with Gasteiger partial charge in [-0.25, -0.2) is 18.7 Å². The smallest absolute Gasteiger partial charge is 0.248 e. The Labute approximate surface area is 222 Å². The number of hydrogen-bond donors (Lipinski definition) is 3. The van der Waals surface area contributed by atoms with Crippen molar-refractivity contribution in [1.29, 1.82) is 0 Å². The van der Waals surface area contributed by atoms with Crippen LogP contribution in [0.3, 0.4) is 0 Å². The van der Waals surface area contributed by atoms with Crippen LogP contribution in [0.5, 0.6) is 0 Å². The molecular formula is C26H22Cl2F2N6O. The van der Waals surface area contributed by atoms with Crippen LogP contribution in [0.4, 0.5) is 37.3 Å². The van der Waals surface area contributed by atoms with Gasteiger partial charge in [-0.3, -0.25) is 4.79 Å². The van der Waals surface area contributed by atoms with Crippen molar-refractivity contribution in [2.75, 3.05) is 36.6 Å². The first-order valence-electron chi connectivity index (χ1n) is 11.0. The third-order valence-electron chi connectivity index (χ3n) is 5.15. The van der Waals surface area contributed by atoms with Crippen LogP contribution in [0, 0.1) is 11.6 Å². The van der Waals surface area contributed by atoms with E-state index in [9.17, 15) is 13.6 Å². The largest absolute Gasteiger partial charge is 0.354 e. The lowest BCUT2D eigenvalue weighted by Crippen LogP contribution is -2.13. The van der Waals surface area contributed by atoms with Crippen LogP contribution in [0.25, 0.3) is 10.9 Å². The maximum atomic E-state index is 13.7. The number of aromatic nitrogens is 2. The number of nitrogens with zero attached hydrogens (tertiary/aromatic N) is 3. The summed E-state index contributed by atoms with van der Waals surface area (Å²) in [5, 5.41) is 9.63. The van der Waals surface area contributed by atoms with E-state index < -0.39 is 11.6 Å². The van der Waals surface area contributed by atoms with Crippen molar-refractivity contribution >= 4 is 68.6 Å². The molecule has 0 spiro atoms. The third-order valence-corrected chi connectivity index (χ3v) is 5.73. The molecule has 4 rings (SSSR count). The zero-order valence-electron chi connectivity index (χ0n) is 19.8. The Morgan fingerprint density at radius 1 is 0.919 bits per heavy atom. The van der Waals surface area contributed by atoms with Gasteiger partial charge in [0.05, 0.1) is 26.9 Å². The molecule has 0 aliphatic heterocycles. The molecule has 0 saturated carbocycles. The highest BCUT2D eigenvalue weighted by molar-refractivity contribution is 6.31. The van der Waals surface area contributed by atoms with Crippen molar-refractivity contribution in [2.45, 2.75) is 0 Å². The minimum atomic E-state index is -0.547. The van der Waals surface area contributed by atoms with E-state index in [1.54, 1.807) is 18.2 Å². The number of benzene rings is 3. The fourth-order valence-corrected chi connectivity index (χ4v) is 3.76. The Bertz CT molecular complexity index is 1500. The number of hydrogen-bond acceptors (Lipinski definition) is 6. The fraction of sp³-hybridized carbons (Fsp3) is 0.115. The summed E-state index contributed by atoms with van der Waals surface area (Å²) in [5.41, 5.74) is 2.49. The molecule has 1 heterocycles. The first-order chi connectivity index (χ1) is 17.7. The number of anilines is 5.